The van der Waals surface area contributed by atoms with Gasteiger partial charge < -0.3 is 9.67 Å². The average Bonchev–Trinajstić information content (AvgIpc) is 2.73. The summed E-state index contributed by atoms with van der Waals surface area (Å²) in [6.07, 6.45) is 1.36. The van der Waals surface area contributed by atoms with Gasteiger partial charge in [-0.1, -0.05) is 6.07 Å². The van der Waals surface area contributed by atoms with E-state index < -0.39 is 5.97 Å². The van der Waals surface area contributed by atoms with Crippen LogP contribution < -0.4 is 0 Å². The Balaban J connectivity index is 2.39. The lowest BCUT2D eigenvalue weighted by molar-refractivity contribution is 0.0685. The number of nitriles is 1. The van der Waals surface area contributed by atoms with Crippen molar-refractivity contribution in [1.29, 1.82) is 5.26 Å². The van der Waals surface area contributed by atoms with Gasteiger partial charge in [0.25, 0.3) is 0 Å². The maximum absolute atomic E-state index is 11.1. The summed E-state index contributed by atoms with van der Waals surface area (Å²) in [6.45, 7) is 4.11. The van der Waals surface area contributed by atoms with Crippen molar-refractivity contribution in [3.63, 3.8) is 0 Å². The Morgan fingerprint density at radius 1 is 1.47 bits per heavy atom. The Hall–Kier alpha value is -2.61. The van der Waals surface area contributed by atoms with Crippen molar-refractivity contribution in [3.8, 4) is 6.07 Å². The number of hydrogen-bond donors (Lipinski definition) is 1. The fraction of sp³-hybridized carbons (Fsp3) is 0.214. The molecule has 1 aromatic carbocycles. The van der Waals surface area contributed by atoms with Crippen LogP contribution in [0, 0.1) is 25.2 Å². The Labute approximate surface area is 110 Å². The third-order valence-electron chi connectivity index (χ3n) is 3.07. The van der Waals surface area contributed by atoms with E-state index in [1.165, 1.54) is 6.20 Å². The van der Waals surface area contributed by atoms with Crippen molar-refractivity contribution in [2.75, 3.05) is 0 Å². The largest absolute Gasteiger partial charge is 0.477 e. The molecule has 0 atom stereocenters. The highest BCUT2D eigenvalue weighted by Gasteiger charge is 2.14. The van der Waals surface area contributed by atoms with Crippen LogP contribution in [0.5, 0.6) is 0 Å². The van der Waals surface area contributed by atoms with Gasteiger partial charge in [-0.05, 0) is 37.1 Å². The van der Waals surface area contributed by atoms with Gasteiger partial charge >= 0.3 is 5.97 Å². The first kappa shape index (κ1) is 12.8. The zero-order valence-electron chi connectivity index (χ0n) is 10.7. The highest BCUT2D eigenvalue weighted by molar-refractivity contribution is 5.85. The number of benzene rings is 1. The molecule has 19 heavy (non-hydrogen) atoms. The van der Waals surface area contributed by atoms with Crippen LogP contribution in [0.1, 0.15) is 33.0 Å². The maximum atomic E-state index is 11.1. The first-order valence-electron chi connectivity index (χ1n) is 5.78. The molecule has 1 aromatic heterocycles. The topological polar surface area (TPSA) is 78.9 Å². The van der Waals surface area contributed by atoms with Crippen molar-refractivity contribution >= 4 is 5.97 Å². The van der Waals surface area contributed by atoms with Crippen LogP contribution in [0.4, 0.5) is 0 Å². The Morgan fingerprint density at radius 2 is 2.21 bits per heavy atom. The van der Waals surface area contributed by atoms with E-state index in [2.05, 4.69) is 11.1 Å². The van der Waals surface area contributed by atoms with Crippen LogP contribution in [0.15, 0.2) is 24.4 Å². The zero-order chi connectivity index (χ0) is 14.0. The molecule has 0 spiro atoms. The lowest BCUT2D eigenvalue weighted by atomic mass is 10.1. The van der Waals surface area contributed by atoms with E-state index in [9.17, 15) is 4.79 Å². The Morgan fingerprint density at radius 3 is 2.79 bits per heavy atom. The summed E-state index contributed by atoms with van der Waals surface area (Å²) < 4.78 is 1.65. The minimum absolute atomic E-state index is 0.168. The summed E-state index contributed by atoms with van der Waals surface area (Å²) in [5.74, 6) is -0.340. The number of hydrogen-bond acceptors (Lipinski definition) is 3. The molecular formula is C14H13N3O2. The summed E-state index contributed by atoms with van der Waals surface area (Å²) in [4.78, 5) is 15.1. The fourth-order valence-corrected chi connectivity index (χ4v) is 1.95. The van der Waals surface area contributed by atoms with Gasteiger partial charge in [0.15, 0.2) is 0 Å². The van der Waals surface area contributed by atoms with Crippen LogP contribution >= 0.6 is 0 Å². The van der Waals surface area contributed by atoms with Crippen LogP contribution in [-0.4, -0.2) is 20.6 Å². The molecule has 0 unspecified atom stereocenters. The standard InChI is InChI=1S/C14H13N3O2/c1-9-5-11(6-15)3-4-12(9)8-17-10(2)16-7-13(17)14(18)19/h3-5,7H,8H2,1-2H3,(H,18,19). The molecule has 0 radical (unpaired) electrons. The zero-order valence-corrected chi connectivity index (χ0v) is 10.7. The quantitative estimate of drug-likeness (QED) is 0.911. The lowest BCUT2D eigenvalue weighted by Gasteiger charge is -2.10. The highest BCUT2D eigenvalue weighted by atomic mass is 16.4. The molecule has 0 aliphatic heterocycles. The van der Waals surface area contributed by atoms with E-state index in [1.54, 1.807) is 23.6 Å². The number of nitrogens with zero attached hydrogens (tertiary/aromatic N) is 3. The number of carbonyl (C=O) groups is 1. The van der Waals surface area contributed by atoms with Gasteiger partial charge in [-0.15, -0.1) is 0 Å². The molecule has 0 amide bonds. The molecule has 5 heteroatoms. The van der Waals surface area contributed by atoms with Gasteiger partial charge in [-0.3, -0.25) is 0 Å². The minimum atomic E-state index is -0.994. The van der Waals surface area contributed by atoms with Gasteiger partial charge in [0.2, 0.25) is 0 Å². The van der Waals surface area contributed by atoms with Gasteiger partial charge in [0, 0.05) is 6.54 Å². The predicted octanol–water partition coefficient (Wildman–Crippen LogP) is 2.12. The SMILES string of the molecule is Cc1cc(C#N)ccc1Cn1c(C(=O)O)cnc1C. The summed E-state index contributed by atoms with van der Waals surface area (Å²) in [5, 5.41) is 17.9. The highest BCUT2D eigenvalue weighted by Crippen LogP contribution is 2.15. The molecule has 0 fully saturated rings. The van der Waals surface area contributed by atoms with E-state index in [1.807, 2.05) is 13.0 Å². The molecule has 0 bridgehead atoms. The van der Waals surface area contributed by atoms with E-state index in [-0.39, 0.29) is 5.69 Å². The van der Waals surface area contributed by atoms with Crippen molar-refractivity contribution < 1.29 is 9.90 Å². The molecule has 2 rings (SSSR count). The summed E-state index contributed by atoms with van der Waals surface area (Å²) in [7, 11) is 0. The lowest BCUT2D eigenvalue weighted by Crippen LogP contribution is -2.11. The molecule has 1 heterocycles. The molecule has 1 N–H and O–H groups in total. The number of carboxylic acids is 1. The third-order valence-corrected chi connectivity index (χ3v) is 3.07. The average molecular weight is 255 g/mol. The molecule has 0 aliphatic carbocycles. The summed E-state index contributed by atoms with van der Waals surface area (Å²) >= 11 is 0. The number of rotatable bonds is 3. The fourth-order valence-electron chi connectivity index (χ4n) is 1.95. The van der Waals surface area contributed by atoms with Crippen LogP contribution in [0.3, 0.4) is 0 Å². The second kappa shape index (κ2) is 4.94. The number of carboxylic acid groups (broad SMARTS) is 1. The first-order valence-corrected chi connectivity index (χ1v) is 5.78. The number of aromatic nitrogens is 2. The van der Waals surface area contributed by atoms with Crippen molar-refractivity contribution in [3.05, 3.63) is 52.6 Å². The molecule has 2 aromatic rings. The molecule has 0 aliphatic rings. The molecule has 0 saturated carbocycles. The first-order chi connectivity index (χ1) is 9.02. The van der Waals surface area contributed by atoms with Gasteiger partial charge in [-0.2, -0.15) is 5.26 Å². The third kappa shape index (κ3) is 2.47. The molecule has 0 saturated heterocycles. The minimum Gasteiger partial charge on any atom is -0.477 e. The smallest absolute Gasteiger partial charge is 0.354 e. The van der Waals surface area contributed by atoms with E-state index in [0.717, 1.165) is 11.1 Å². The second-order valence-electron chi connectivity index (χ2n) is 4.34. The van der Waals surface area contributed by atoms with E-state index in [4.69, 9.17) is 10.4 Å². The molecular weight excluding hydrogens is 242 g/mol. The van der Waals surface area contributed by atoms with Crippen molar-refractivity contribution in [1.82, 2.24) is 9.55 Å². The summed E-state index contributed by atoms with van der Waals surface area (Å²) in [5.41, 5.74) is 2.70. The number of aryl methyl sites for hydroxylation is 2. The van der Waals surface area contributed by atoms with Crippen LogP contribution in [0.25, 0.3) is 0 Å². The molecule has 5 nitrogen and oxygen atoms in total. The Kier molecular flexibility index (Phi) is 3.34. The number of aromatic carboxylic acids is 1. The predicted molar refractivity (Wildman–Crippen MR) is 68.9 cm³/mol. The van der Waals surface area contributed by atoms with Gasteiger partial charge in [0.1, 0.15) is 11.5 Å². The number of imidazole rings is 1. The van der Waals surface area contributed by atoms with Crippen LogP contribution in [0.2, 0.25) is 0 Å². The second-order valence-corrected chi connectivity index (χ2v) is 4.34. The van der Waals surface area contributed by atoms with Gasteiger partial charge in [-0.25, -0.2) is 9.78 Å². The maximum Gasteiger partial charge on any atom is 0.354 e. The monoisotopic (exact) mass is 255 g/mol. The van der Waals surface area contributed by atoms with E-state index >= 15 is 0 Å². The van der Waals surface area contributed by atoms with Crippen molar-refractivity contribution in [2.24, 2.45) is 0 Å². The molecule has 96 valence electrons. The Bertz CT molecular complexity index is 680. The van der Waals surface area contributed by atoms with Crippen molar-refractivity contribution in [2.45, 2.75) is 20.4 Å². The van der Waals surface area contributed by atoms with E-state index in [0.29, 0.717) is 17.9 Å². The summed E-state index contributed by atoms with van der Waals surface area (Å²) in [6, 6.07) is 7.45. The van der Waals surface area contributed by atoms with Gasteiger partial charge in [0.05, 0.1) is 17.8 Å². The normalized spacial score (nSPS) is 10.2. The van der Waals surface area contributed by atoms with Crippen LogP contribution in [-0.2, 0) is 6.54 Å².